The van der Waals surface area contributed by atoms with Crippen molar-refractivity contribution in [3.63, 3.8) is 0 Å². The molecule has 0 radical (unpaired) electrons. The molecule has 1 fully saturated rings. The summed E-state index contributed by atoms with van der Waals surface area (Å²) in [5.74, 6) is 0.897. The summed E-state index contributed by atoms with van der Waals surface area (Å²) in [5, 5.41) is 4.34. The van der Waals surface area contributed by atoms with Gasteiger partial charge in [-0.15, -0.1) is 0 Å². The number of Topliss-reactive ketones (excluding diaryl/α,β-unsaturated/α-hetero) is 1. The predicted molar refractivity (Wildman–Crippen MR) is 120 cm³/mol. The number of rotatable bonds is 5. The Balaban J connectivity index is 1.40. The number of benzene rings is 2. The van der Waals surface area contributed by atoms with E-state index in [0.717, 1.165) is 61.7 Å². The second-order valence-corrected chi connectivity index (χ2v) is 8.73. The van der Waals surface area contributed by atoms with E-state index in [1.807, 2.05) is 31.2 Å². The summed E-state index contributed by atoms with van der Waals surface area (Å²) in [5.41, 5.74) is 4.74. The van der Waals surface area contributed by atoms with E-state index in [0.29, 0.717) is 6.42 Å². The lowest BCUT2D eigenvalue weighted by atomic mass is 9.87. The third-order valence-corrected chi connectivity index (χ3v) is 6.94. The zero-order valence-electron chi connectivity index (χ0n) is 18.3. The SMILES string of the molecule is CCc1ccccc1CN1CCN(C2(c3cc(C)on3)Cc3ccccc3C2=O)CC1. The maximum absolute atomic E-state index is 13.7. The van der Waals surface area contributed by atoms with E-state index < -0.39 is 5.54 Å². The second kappa shape index (κ2) is 8.06. The molecule has 160 valence electrons. The Morgan fingerprint density at radius 2 is 1.71 bits per heavy atom. The molecule has 3 aromatic rings. The van der Waals surface area contributed by atoms with Crippen molar-refractivity contribution in [2.24, 2.45) is 0 Å². The molecule has 2 aliphatic rings. The Hall–Kier alpha value is -2.76. The van der Waals surface area contributed by atoms with Crippen molar-refractivity contribution in [3.8, 4) is 0 Å². The number of nitrogens with zero attached hydrogens (tertiary/aromatic N) is 3. The van der Waals surface area contributed by atoms with Gasteiger partial charge in [-0.1, -0.05) is 60.6 Å². The highest BCUT2D eigenvalue weighted by Gasteiger charge is 2.53. The van der Waals surface area contributed by atoms with E-state index in [4.69, 9.17) is 4.52 Å². The number of aromatic nitrogens is 1. The van der Waals surface area contributed by atoms with Gasteiger partial charge in [-0.05, 0) is 30.0 Å². The maximum Gasteiger partial charge on any atom is 0.189 e. The summed E-state index contributed by atoms with van der Waals surface area (Å²) in [4.78, 5) is 18.6. The first-order valence-corrected chi connectivity index (χ1v) is 11.2. The highest BCUT2D eigenvalue weighted by molar-refractivity contribution is 6.07. The van der Waals surface area contributed by atoms with Gasteiger partial charge in [0.25, 0.3) is 0 Å². The Bertz CT molecular complexity index is 1100. The van der Waals surface area contributed by atoms with E-state index >= 15 is 0 Å². The number of ketones is 1. The number of carbonyl (C=O) groups excluding carboxylic acids is 1. The first kappa shape index (κ1) is 20.2. The van der Waals surface area contributed by atoms with Gasteiger partial charge >= 0.3 is 0 Å². The molecule has 1 aliphatic heterocycles. The van der Waals surface area contributed by atoms with Crippen LogP contribution < -0.4 is 0 Å². The molecular formula is C26H29N3O2. The Morgan fingerprint density at radius 1 is 1.00 bits per heavy atom. The summed E-state index contributed by atoms with van der Waals surface area (Å²) in [6, 6.07) is 18.6. The first-order valence-electron chi connectivity index (χ1n) is 11.2. The van der Waals surface area contributed by atoms with Crippen LogP contribution >= 0.6 is 0 Å². The average molecular weight is 416 g/mol. The van der Waals surface area contributed by atoms with Gasteiger partial charge < -0.3 is 4.52 Å². The molecule has 0 N–H and O–H groups in total. The molecule has 1 aromatic heterocycles. The van der Waals surface area contributed by atoms with Crippen LogP contribution in [0, 0.1) is 6.92 Å². The fraction of sp³-hybridized carbons (Fsp3) is 0.385. The van der Waals surface area contributed by atoms with E-state index in [2.05, 4.69) is 52.2 Å². The van der Waals surface area contributed by atoms with Gasteiger partial charge in [0.1, 0.15) is 17.0 Å². The Kier molecular flexibility index (Phi) is 5.24. The third-order valence-electron chi connectivity index (χ3n) is 6.94. The summed E-state index contributed by atoms with van der Waals surface area (Å²) < 4.78 is 5.43. The van der Waals surface area contributed by atoms with Crippen molar-refractivity contribution in [2.45, 2.75) is 38.8 Å². The van der Waals surface area contributed by atoms with Crippen molar-refractivity contribution in [1.29, 1.82) is 0 Å². The lowest BCUT2D eigenvalue weighted by Gasteiger charge is -2.44. The van der Waals surface area contributed by atoms with Crippen LogP contribution in [-0.2, 0) is 24.9 Å². The molecular weight excluding hydrogens is 386 g/mol. The molecule has 0 bridgehead atoms. The number of piperazine rings is 1. The lowest BCUT2D eigenvalue weighted by Crippen LogP contribution is -2.58. The fourth-order valence-corrected chi connectivity index (χ4v) is 5.25. The van der Waals surface area contributed by atoms with Crippen molar-refractivity contribution < 1.29 is 9.32 Å². The fourth-order valence-electron chi connectivity index (χ4n) is 5.25. The lowest BCUT2D eigenvalue weighted by molar-refractivity contribution is 0.0259. The third kappa shape index (κ3) is 3.42. The highest BCUT2D eigenvalue weighted by atomic mass is 16.5. The maximum atomic E-state index is 13.7. The number of carbonyl (C=O) groups is 1. The van der Waals surface area contributed by atoms with Crippen LogP contribution in [0.3, 0.4) is 0 Å². The molecule has 2 aromatic carbocycles. The van der Waals surface area contributed by atoms with Gasteiger partial charge in [0.15, 0.2) is 5.78 Å². The Labute approximate surface area is 183 Å². The molecule has 1 aliphatic carbocycles. The zero-order valence-corrected chi connectivity index (χ0v) is 18.3. The number of hydrogen-bond donors (Lipinski definition) is 0. The smallest absolute Gasteiger partial charge is 0.189 e. The normalized spacial score (nSPS) is 22.1. The quantitative estimate of drug-likeness (QED) is 0.631. The van der Waals surface area contributed by atoms with E-state index in [9.17, 15) is 4.79 Å². The van der Waals surface area contributed by atoms with Gasteiger partial charge in [-0.25, -0.2) is 0 Å². The van der Waals surface area contributed by atoms with Crippen LogP contribution in [0.25, 0.3) is 0 Å². The van der Waals surface area contributed by atoms with E-state index in [1.165, 1.54) is 11.1 Å². The molecule has 5 rings (SSSR count). The molecule has 2 heterocycles. The molecule has 0 saturated carbocycles. The summed E-state index contributed by atoms with van der Waals surface area (Å²) >= 11 is 0. The highest BCUT2D eigenvalue weighted by Crippen LogP contribution is 2.42. The minimum atomic E-state index is -0.755. The summed E-state index contributed by atoms with van der Waals surface area (Å²) in [6.45, 7) is 8.59. The molecule has 0 amide bonds. The molecule has 1 atom stereocenters. The summed E-state index contributed by atoms with van der Waals surface area (Å²) in [6.07, 6.45) is 1.71. The number of fused-ring (bicyclic) bond motifs is 1. The minimum absolute atomic E-state index is 0.154. The molecule has 31 heavy (non-hydrogen) atoms. The van der Waals surface area contributed by atoms with Crippen LogP contribution in [-0.4, -0.2) is 46.9 Å². The molecule has 1 unspecified atom stereocenters. The van der Waals surface area contributed by atoms with Gasteiger partial charge in [0.2, 0.25) is 0 Å². The molecule has 1 saturated heterocycles. The molecule has 5 heteroatoms. The van der Waals surface area contributed by atoms with Crippen LogP contribution in [0.1, 0.15) is 45.4 Å². The zero-order chi connectivity index (χ0) is 21.4. The molecule has 5 nitrogen and oxygen atoms in total. The average Bonchev–Trinajstić information content (AvgIpc) is 3.37. The van der Waals surface area contributed by atoms with Crippen molar-refractivity contribution in [3.05, 3.63) is 88.3 Å². The van der Waals surface area contributed by atoms with Gasteiger partial charge in [-0.2, -0.15) is 0 Å². The first-order chi connectivity index (χ1) is 15.1. The predicted octanol–water partition coefficient (Wildman–Crippen LogP) is 4.00. The number of hydrogen-bond acceptors (Lipinski definition) is 5. The standard InChI is InChI=1S/C26H29N3O2/c1-3-20-8-4-5-10-22(20)18-28-12-14-29(15-13-28)26(24-16-19(2)31-27-24)17-21-9-6-7-11-23(21)25(26)30/h4-11,16H,3,12-15,17-18H2,1-2H3. The monoisotopic (exact) mass is 415 g/mol. The topological polar surface area (TPSA) is 49.6 Å². The molecule has 0 spiro atoms. The van der Waals surface area contributed by atoms with E-state index in [-0.39, 0.29) is 5.78 Å². The van der Waals surface area contributed by atoms with Crippen LogP contribution in [0.2, 0.25) is 0 Å². The summed E-state index contributed by atoms with van der Waals surface area (Å²) in [7, 11) is 0. The van der Waals surface area contributed by atoms with Crippen LogP contribution in [0.4, 0.5) is 0 Å². The van der Waals surface area contributed by atoms with Crippen LogP contribution in [0.5, 0.6) is 0 Å². The largest absolute Gasteiger partial charge is 0.361 e. The van der Waals surface area contributed by atoms with E-state index in [1.54, 1.807) is 0 Å². The number of aryl methyl sites for hydroxylation is 2. The van der Waals surface area contributed by atoms with Crippen molar-refractivity contribution in [1.82, 2.24) is 15.0 Å². The van der Waals surface area contributed by atoms with Gasteiger partial charge in [0.05, 0.1) is 0 Å². The Morgan fingerprint density at radius 3 is 2.39 bits per heavy atom. The van der Waals surface area contributed by atoms with Crippen LogP contribution in [0.15, 0.2) is 59.1 Å². The second-order valence-electron chi connectivity index (χ2n) is 8.73. The van der Waals surface area contributed by atoms with Crippen molar-refractivity contribution >= 4 is 5.78 Å². The minimum Gasteiger partial charge on any atom is -0.361 e. The van der Waals surface area contributed by atoms with Gasteiger partial charge in [0, 0.05) is 50.8 Å². The van der Waals surface area contributed by atoms with Gasteiger partial charge in [-0.3, -0.25) is 14.6 Å². The van der Waals surface area contributed by atoms with Crippen molar-refractivity contribution in [2.75, 3.05) is 26.2 Å².